The van der Waals surface area contributed by atoms with Crippen LogP contribution in [-0.2, 0) is 24.7 Å². The molecule has 2 aromatic heterocycles. The third kappa shape index (κ3) is 4.08. The van der Waals surface area contributed by atoms with Crippen molar-refractivity contribution in [3.8, 4) is 0 Å². The number of nitrogens with one attached hydrogen (secondary N) is 1. The highest BCUT2D eigenvalue weighted by molar-refractivity contribution is 7.99. The van der Waals surface area contributed by atoms with Crippen LogP contribution in [0.1, 0.15) is 49.5 Å². The highest BCUT2D eigenvalue weighted by atomic mass is 32.2. The normalized spacial score (nSPS) is 13.8. The molecule has 0 saturated carbocycles. The molecule has 1 aliphatic carbocycles. The van der Waals surface area contributed by atoms with Crippen molar-refractivity contribution in [2.24, 2.45) is 7.05 Å². The molecular formula is C18H25N3O2S2. The summed E-state index contributed by atoms with van der Waals surface area (Å²) in [4.78, 5) is 31.6. The lowest BCUT2D eigenvalue weighted by molar-refractivity contribution is -0.118. The molecule has 0 saturated heterocycles. The van der Waals surface area contributed by atoms with Gasteiger partial charge in [0, 0.05) is 18.5 Å². The number of fused-ring (bicyclic) bond motifs is 3. The van der Waals surface area contributed by atoms with E-state index in [1.54, 1.807) is 23.0 Å². The van der Waals surface area contributed by atoms with Crippen LogP contribution in [0.15, 0.2) is 9.95 Å². The Morgan fingerprint density at radius 3 is 2.92 bits per heavy atom. The topological polar surface area (TPSA) is 64.0 Å². The summed E-state index contributed by atoms with van der Waals surface area (Å²) in [5.41, 5.74) is 1.24. The number of amides is 1. The molecule has 1 aliphatic rings. The van der Waals surface area contributed by atoms with E-state index in [1.807, 2.05) is 0 Å². The summed E-state index contributed by atoms with van der Waals surface area (Å²) in [6.45, 7) is 2.86. The summed E-state index contributed by atoms with van der Waals surface area (Å²) in [6, 6.07) is 0. The molecule has 5 nitrogen and oxygen atoms in total. The van der Waals surface area contributed by atoms with Gasteiger partial charge in [0.25, 0.3) is 5.56 Å². The number of unbranched alkanes of at least 4 members (excludes halogenated alkanes) is 2. The Hall–Kier alpha value is -1.34. The molecule has 7 heteroatoms. The van der Waals surface area contributed by atoms with Crippen LogP contribution in [0.25, 0.3) is 10.2 Å². The van der Waals surface area contributed by atoms with E-state index < -0.39 is 0 Å². The number of carbonyl (C=O) groups excluding carboxylic acids is 1. The van der Waals surface area contributed by atoms with Crippen molar-refractivity contribution in [3.63, 3.8) is 0 Å². The first kappa shape index (κ1) is 18.5. The van der Waals surface area contributed by atoms with Crippen molar-refractivity contribution in [1.29, 1.82) is 0 Å². The van der Waals surface area contributed by atoms with Crippen LogP contribution in [-0.4, -0.2) is 27.8 Å². The Bertz CT molecular complexity index is 826. The molecule has 0 spiro atoms. The third-order valence-electron chi connectivity index (χ3n) is 4.59. The van der Waals surface area contributed by atoms with E-state index in [4.69, 9.17) is 0 Å². The van der Waals surface area contributed by atoms with Gasteiger partial charge in [-0.25, -0.2) is 4.98 Å². The standard InChI is InChI=1S/C18H25N3O2S2/c1-3-4-7-10-19-14(22)11-24-18-20-16-15(17(23)21(18)2)12-8-5-6-9-13(12)25-16/h3-11H2,1-2H3,(H,19,22). The molecule has 0 atom stereocenters. The van der Waals surface area contributed by atoms with Crippen molar-refractivity contribution in [2.75, 3.05) is 12.3 Å². The average Bonchev–Trinajstić information content (AvgIpc) is 2.99. The van der Waals surface area contributed by atoms with Crippen LogP contribution in [0, 0.1) is 0 Å². The monoisotopic (exact) mass is 379 g/mol. The molecule has 25 heavy (non-hydrogen) atoms. The van der Waals surface area contributed by atoms with E-state index in [0.29, 0.717) is 10.9 Å². The third-order valence-corrected chi connectivity index (χ3v) is 6.81. The molecular weight excluding hydrogens is 354 g/mol. The van der Waals surface area contributed by atoms with Crippen molar-refractivity contribution >= 4 is 39.2 Å². The molecule has 2 aromatic rings. The van der Waals surface area contributed by atoms with E-state index in [9.17, 15) is 9.59 Å². The number of rotatable bonds is 7. The first-order valence-corrected chi connectivity index (χ1v) is 10.8. The zero-order chi connectivity index (χ0) is 17.8. The molecule has 3 rings (SSSR count). The predicted octanol–water partition coefficient (Wildman–Crippen LogP) is 3.27. The average molecular weight is 380 g/mol. The van der Waals surface area contributed by atoms with E-state index >= 15 is 0 Å². The smallest absolute Gasteiger partial charge is 0.262 e. The summed E-state index contributed by atoms with van der Waals surface area (Å²) >= 11 is 2.99. The second-order valence-corrected chi connectivity index (χ2v) is 8.52. The quantitative estimate of drug-likeness (QED) is 0.456. The first-order valence-electron chi connectivity index (χ1n) is 9.02. The summed E-state index contributed by atoms with van der Waals surface area (Å²) < 4.78 is 1.60. The fourth-order valence-electron chi connectivity index (χ4n) is 3.18. The minimum absolute atomic E-state index is 0.000855. The zero-order valence-corrected chi connectivity index (χ0v) is 16.5. The van der Waals surface area contributed by atoms with Gasteiger partial charge in [0.05, 0.1) is 11.1 Å². The van der Waals surface area contributed by atoms with E-state index in [1.165, 1.54) is 28.6 Å². The largest absolute Gasteiger partial charge is 0.355 e. The number of hydrogen-bond donors (Lipinski definition) is 1. The number of aromatic nitrogens is 2. The number of aryl methyl sites for hydroxylation is 2. The maximum atomic E-state index is 12.8. The molecule has 2 heterocycles. The SMILES string of the molecule is CCCCCNC(=O)CSc1nc2sc3c(c2c(=O)n1C)CCCC3. The number of hydrogen-bond acceptors (Lipinski definition) is 5. The van der Waals surface area contributed by atoms with Gasteiger partial charge in [0.2, 0.25) is 5.91 Å². The highest BCUT2D eigenvalue weighted by Crippen LogP contribution is 2.34. The fraction of sp³-hybridized carbons (Fsp3) is 0.611. The lowest BCUT2D eigenvalue weighted by atomic mass is 9.97. The number of nitrogens with zero attached hydrogens (tertiary/aromatic N) is 2. The molecule has 0 bridgehead atoms. The molecule has 0 radical (unpaired) electrons. The fourth-order valence-corrected chi connectivity index (χ4v) is 5.28. The van der Waals surface area contributed by atoms with Crippen LogP contribution in [0.5, 0.6) is 0 Å². The van der Waals surface area contributed by atoms with Crippen LogP contribution in [0.3, 0.4) is 0 Å². The van der Waals surface area contributed by atoms with Crippen LogP contribution in [0.2, 0.25) is 0 Å². The van der Waals surface area contributed by atoms with Gasteiger partial charge < -0.3 is 5.32 Å². The van der Waals surface area contributed by atoms with Gasteiger partial charge in [-0.1, -0.05) is 31.5 Å². The van der Waals surface area contributed by atoms with Gasteiger partial charge in [-0.15, -0.1) is 11.3 Å². The van der Waals surface area contributed by atoms with Crippen LogP contribution in [0.4, 0.5) is 0 Å². The van der Waals surface area contributed by atoms with Crippen molar-refractivity contribution in [3.05, 3.63) is 20.8 Å². The van der Waals surface area contributed by atoms with Crippen molar-refractivity contribution < 1.29 is 4.79 Å². The molecule has 0 aliphatic heterocycles. The van der Waals surface area contributed by atoms with Crippen molar-refractivity contribution in [2.45, 2.75) is 57.0 Å². The molecule has 0 aromatic carbocycles. The second-order valence-electron chi connectivity index (χ2n) is 6.50. The van der Waals surface area contributed by atoms with E-state index in [0.717, 1.165) is 55.3 Å². The minimum Gasteiger partial charge on any atom is -0.355 e. The summed E-state index contributed by atoms with van der Waals surface area (Å²) in [5, 5.41) is 4.35. The zero-order valence-electron chi connectivity index (χ0n) is 14.9. The summed E-state index contributed by atoms with van der Waals surface area (Å²) in [5.74, 6) is 0.295. The Balaban J connectivity index is 1.73. The number of carbonyl (C=O) groups is 1. The maximum absolute atomic E-state index is 12.8. The van der Waals surface area contributed by atoms with Crippen LogP contribution < -0.4 is 10.9 Å². The molecule has 0 unspecified atom stereocenters. The highest BCUT2D eigenvalue weighted by Gasteiger charge is 2.21. The summed E-state index contributed by atoms with van der Waals surface area (Å²) in [7, 11) is 1.75. The Morgan fingerprint density at radius 1 is 1.32 bits per heavy atom. The summed E-state index contributed by atoms with van der Waals surface area (Å²) in [6.07, 6.45) is 7.67. The van der Waals surface area contributed by atoms with Gasteiger partial charge in [0.1, 0.15) is 4.83 Å². The second kappa shape index (κ2) is 8.36. The molecule has 136 valence electrons. The number of thioether (sulfide) groups is 1. The molecule has 0 fully saturated rings. The van der Waals surface area contributed by atoms with Gasteiger partial charge >= 0.3 is 0 Å². The Kier molecular flexibility index (Phi) is 6.17. The lowest BCUT2D eigenvalue weighted by Crippen LogP contribution is -2.27. The Morgan fingerprint density at radius 2 is 2.12 bits per heavy atom. The van der Waals surface area contributed by atoms with Gasteiger partial charge in [-0.05, 0) is 37.7 Å². The van der Waals surface area contributed by atoms with Crippen LogP contribution >= 0.6 is 23.1 Å². The number of thiophene rings is 1. The van der Waals surface area contributed by atoms with E-state index in [2.05, 4.69) is 17.2 Å². The Labute approximate surface area is 156 Å². The first-order chi connectivity index (χ1) is 12.1. The molecule has 1 N–H and O–H groups in total. The predicted molar refractivity (Wildman–Crippen MR) is 105 cm³/mol. The molecule has 1 amide bonds. The van der Waals surface area contributed by atoms with Gasteiger partial charge in [0.15, 0.2) is 5.16 Å². The minimum atomic E-state index is 0.000855. The van der Waals surface area contributed by atoms with Crippen molar-refractivity contribution in [1.82, 2.24) is 14.9 Å². The lowest BCUT2D eigenvalue weighted by Gasteiger charge is -2.11. The van der Waals surface area contributed by atoms with E-state index in [-0.39, 0.29) is 11.5 Å². The van der Waals surface area contributed by atoms with Gasteiger partial charge in [-0.3, -0.25) is 14.2 Å². The maximum Gasteiger partial charge on any atom is 0.262 e. The van der Waals surface area contributed by atoms with Gasteiger partial charge in [-0.2, -0.15) is 0 Å².